The van der Waals surface area contributed by atoms with E-state index in [0.717, 1.165) is 16.1 Å². The molecule has 32 heavy (non-hydrogen) atoms. The Morgan fingerprint density at radius 1 is 1.06 bits per heavy atom. The zero-order chi connectivity index (χ0) is 23.7. The van der Waals surface area contributed by atoms with Crippen LogP contribution < -0.4 is 14.4 Å². The number of likely N-dealkylation sites (N-methyl/N-ethyl adjacent to an activating group) is 1. The molecule has 2 rings (SSSR count). The second-order valence-electron chi connectivity index (χ2n) is 7.33. The number of rotatable bonds is 11. The summed E-state index contributed by atoms with van der Waals surface area (Å²) in [5.74, 6) is -0.162. The second-order valence-corrected chi connectivity index (χ2v) is 9.24. The highest BCUT2D eigenvalue weighted by Crippen LogP contribution is 2.22. The van der Waals surface area contributed by atoms with Crippen molar-refractivity contribution in [1.29, 1.82) is 0 Å². The molecule has 8 nitrogen and oxygen atoms in total. The summed E-state index contributed by atoms with van der Waals surface area (Å²) in [6, 6.07) is 15.3. The molecule has 0 aliphatic carbocycles. The molecule has 0 bridgehead atoms. The van der Waals surface area contributed by atoms with Crippen LogP contribution in [0.1, 0.15) is 18.9 Å². The van der Waals surface area contributed by atoms with Crippen molar-refractivity contribution < 1.29 is 22.7 Å². The summed E-state index contributed by atoms with van der Waals surface area (Å²) < 4.78 is 31.2. The minimum Gasteiger partial charge on any atom is -0.497 e. The highest BCUT2D eigenvalue weighted by molar-refractivity contribution is 7.92. The van der Waals surface area contributed by atoms with E-state index in [1.165, 1.54) is 19.1 Å². The van der Waals surface area contributed by atoms with Crippen molar-refractivity contribution in [2.45, 2.75) is 25.8 Å². The zero-order valence-electron chi connectivity index (χ0n) is 18.9. The van der Waals surface area contributed by atoms with Gasteiger partial charge < -0.3 is 15.0 Å². The number of methoxy groups -OCH3 is 1. The molecule has 0 aliphatic heterocycles. The van der Waals surface area contributed by atoms with E-state index in [2.05, 4.69) is 5.32 Å². The molecule has 1 unspecified atom stereocenters. The van der Waals surface area contributed by atoms with Crippen LogP contribution in [-0.4, -0.2) is 64.7 Å². The van der Waals surface area contributed by atoms with Gasteiger partial charge in [-0.05, 0) is 42.7 Å². The van der Waals surface area contributed by atoms with E-state index in [-0.39, 0.29) is 12.5 Å². The van der Waals surface area contributed by atoms with Gasteiger partial charge in [0, 0.05) is 13.6 Å². The molecule has 1 N–H and O–H groups in total. The maximum atomic E-state index is 13.4. The zero-order valence-corrected chi connectivity index (χ0v) is 19.8. The molecule has 0 spiro atoms. The molecule has 0 aliphatic rings. The minimum atomic E-state index is -3.75. The third kappa shape index (κ3) is 6.71. The number of anilines is 1. The van der Waals surface area contributed by atoms with Crippen molar-refractivity contribution in [3.63, 3.8) is 0 Å². The standard InChI is InChI=1S/C23H31N3O5S/c1-5-21(23(28)24-2)25(16-15-18-9-7-6-8-10-18)22(27)17-26(32(4,29)30)19-11-13-20(31-3)14-12-19/h6-14,21H,5,15-17H2,1-4H3,(H,24,28). The lowest BCUT2D eigenvalue weighted by atomic mass is 10.1. The lowest BCUT2D eigenvalue weighted by Crippen LogP contribution is -2.52. The van der Waals surface area contributed by atoms with E-state index >= 15 is 0 Å². The first-order valence-electron chi connectivity index (χ1n) is 10.4. The van der Waals surface area contributed by atoms with Crippen LogP contribution >= 0.6 is 0 Å². The highest BCUT2D eigenvalue weighted by atomic mass is 32.2. The average molecular weight is 462 g/mol. The second kappa shape index (κ2) is 11.5. The fraction of sp³-hybridized carbons (Fsp3) is 0.391. The maximum Gasteiger partial charge on any atom is 0.244 e. The van der Waals surface area contributed by atoms with Gasteiger partial charge in [-0.3, -0.25) is 13.9 Å². The van der Waals surface area contributed by atoms with Gasteiger partial charge in [0.25, 0.3) is 0 Å². The van der Waals surface area contributed by atoms with Gasteiger partial charge >= 0.3 is 0 Å². The van der Waals surface area contributed by atoms with Crippen LogP contribution in [0.15, 0.2) is 54.6 Å². The van der Waals surface area contributed by atoms with E-state index in [9.17, 15) is 18.0 Å². The van der Waals surface area contributed by atoms with Crippen LogP contribution in [0, 0.1) is 0 Å². The fourth-order valence-electron chi connectivity index (χ4n) is 3.42. The van der Waals surface area contributed by atoms with Crippen molar-refractivity contribution in [3.8, 4) is 5.75 Å². The Morgan fingerprint density at radius 2 is 1.69 bits per heavy atom. The Balaban J connectivity index is 2.32. The molecule has 174 valence electrons. The fourth-order valence-corrected chi connectivity index (χ4v) is 4.27. The number of hydrogen-bond acceptors (Lipinski definition) is 5. The van der Waals surface area contributed by atoms with Crippen molar-refractivity contribution in [1.82, 2.24) is 10.2 Å². The number of benzene rings is 2. The summed E-state index contributed by atoms with van der Waals surface area (Å²) >= 11 is 0. The molecule has 2 aromatic carbocycles. The molecule has 1 atom stereocenters. The monoisotopic (exact) mass is 461 g/mol. The first-order chi connectivity index (χ1) is 15.2. The van der Waals surface area contributed by atoms with Crippen LogP contribution in [0.5, 0.6) is 5.75 Å². The smallest absolute Gasteiger partial charge is 0.244 e. The molecular formula is C23H31N3O5S. The SMILES string of the molecule is CCC(C(=O)NC)N(CCc1ccccc1)C(=O)CN(c1ccc(OC)cc1)S(C)(=O)=O. The van der Waals surface area contributed by atoms with Gasteiger partial charge in [0.1, 0.15) is 18.3 Å². The van der Waals surface area contributed by atoms with Gasteiger partial charge in [-0.2, -0.15) is 0 Å². The quantitative estimate of drug-likeness (QED) is 0.553. The molecule has 0 fully saturated rings. The lowest BCUT2D eigenvalue weighted by Gasteiger charge is -2.32. The van der Waals surface area contributed by atoms with E-state index < -0.39 is 28.5 Å². The number of sulfonamides is 1. The van der Waals surface area contributed by atoms with Crippen LogP contribution in [-0.2, 0) is 26.0 Å². The first kappa shape index (κ1) is 25.2. The molecule has 0 saturated heterocycles. The Labute approximate surface area is 190 Å². The van der Waals surface area contributed by atoms with Gasteiger partial charge in [-0.1, -0.05) is 37.3 Å². The number of ether oxygens (including phenoxy) is 1. The molecule has 0 saturated carbocycles. The molecule has 0 heterocycles. The van der Waals surface area contributed by atoms with E-state index in [1.807, 2.05) is 37.3 Å². The van der Waals surface area contributed by atoms with E-state index in [1.54, 1.807) is 24.3 Å². The molecule has 9 heteroatoms. The average Bonchev–Trinajstić information content (AvgIpc) is 2.79. The van der Waals surface area contributed by atoms with Crippen molar-refractivity contribution in [2.75, 3.05) is 37.8 Å². The van der Waals surface area contributed by atoms with Crippen LogP contribution in [0.4, 0.5) is 5.69 Å². The molecule has 2 amide bonds. The molecule has 0 radical (unpaired) electrons. The predicted molar refractivity (Wildman–Crippen MR) is 125 cm³/mol. The Hall–Kier alpha value is -3.07. The number of nitrogens with zero attached hydrogens (tertiary/aromatic N) is 2. The summed E-state index contributed by atoms with van der Waals surface area (Å²) in [7, 11) is -0.713. The van der Waals surface area contributed by atoms with Gasteiger partial charge in [0.15, 0.2) is 0 Å². The van der Waals surface area contributed by atoms with E-state index in [0.29, 0.717) is 24.3 Å². The minimum absolute atomic E-state index is 0.287. The van der Waals surface area contributed by atoms with Gasteiger partial charge in [-0.15, -0.1) is 0 Å². The summed E-state index contributed by atoms with van der Waals surface area (Å²) in [5.41, 5.74) is 1.37. The largest absolute Gasteiger partial charge is 0.497 e. The third-order valence-electron chi connectivity index (χ3n) is 5.16. The van der Waals surface area contributed by atoms with Crippen LogP contribution in [0.25, 0.3) is 0 Å². The van der Waals surface area contributed by atoms with Crippen molar-refractivity contribution >= 4 is 27.5 Å². The van der Waals surface area contributed by atoms with E-state index in [4.69, 9.17) is 4.74 Å². The molecular weight excluding hydrogens is 430 g/mol. The molecule has 2 aromatic rings. The number of carbonyl (C=O) groups excluding carboxylic acids is 2. The van der Waals surface area contributed by atoms with Gasteiger partial charge in [0.05, 0.1) is 19.1 Å². The number of carbonyl (C=O) groups is 2. The topological polar surface area (TPSA) is 96.0 Å². The molecule has 0 aromatic heterocycles. The normalized spacial score (nSPS) is 12.0. The Morgan fingerprint density at radius 3 is 2.19 bits per heavy atom. The number of nitrogens with one attached hydrogen (secondary N) is 1. The van der Waals surface area contributed by atoms with Crippen LogP contribution in [0.3, 0.4) is 0 Å². The van der Waals surface area contributed by atoms with Gasteiger partial charge in [0.2, 0.25) is 21.8 Å². The summed E-state index contributed by atoms with van der Waals surface area (Å²) in [4.78, 5) is 27.3. The summed E-state index contributed by atoms with van der Waals surface area (Å²) in [6.07, 6.45) is 2.00. The maximum absolute atomic E-state index is 13.4. The predicted octanol–water partition coefficient (Wildman–Crippen LogP) is 2.06. The highest BCUT2D eigenvalue weighted by Gasteiger charge is 2.30. The Kier molecular flexibility index (Phi) is 9.07. The third-order valence-corrected chi connectivity index (χ3v) is 6.30. The van der Waals surface area contributed by atoms with Crippen molar-refractivity contribution in [3.05, 3.63) is 60.2 Å². The van der Waals surface area contributed by atoms with Crippen molar-refractivity contribution in [2.24, 2.45) is 0 Å². The Bertz CT molecular complexity index is 994. The first-order valence-corrected chi connectivity index (χ1v) is 12.2. The summed E-state index contributed by atoms with van der Waals surface area (Å²) in [6.45, 7) is 1.70. The number of hydrogen-bond donors (Lipinski definition) is 1. The van der Waals surface area contributed by atoms with Crippen LogP contribution in [0.2, 0.25) is 0 Å². The van der Waals surface area contributed by atoms with Gasteiger partial charge in [-0.25, -0.2) is 8.42 Å². The number of amides is 2. The summed E-state index contributed by atoms with van der Waals surface area (Å²) in [5, 5.41) is 2.60. The lowest BCUT2D eigenvalue weighted by molar-refractivity contribution is -0.139.